The Kier molecular flexibility index (Phi) is 6.45. The van der Waals surface area contributed by atoms with Crippen LogP contribution in [-0.2, 0) is 11.2 Å². The number of hydrogen-bond donors (Lipinski definition) is 1. The molecule has 4 nitrogen and oxygen atoms in total. The highest BCUT2D eigenvalue weighted by molar-refractivity contribution is 6.30. The molecule has 142 valence electrons. The van der Waals surface area contributed by atoms with Gasteiger partial charge >= 0.3 is 0 Å². The van der Waals surface area contributed by atoms with Crippen LogP contribution in [0.3, 0.4) is 0 Å². The largest absolute Gasteiger partial charge is 0.356 e. The molecule has 0 saturated carbocycles. The Balaban J connectivity index is 1.43. The SMILES string of the molecule is O=C(NCCc1ccc(F)cc1)C1CCN(C(=O)c2cccc(Cl)c2)CC1. The zero-order valence-corrected chi connectivity index (χ0v) is 15.7. The number of carbonyl (C=O) groups is 2. The van der Waals surface area contributed by atoms with Crippen molar-refractivity contribution in [1.29, 1.82) is 0 Å². The van der Waals surface area contributed by atoms with Gasteiger partial charge in [0.1, 0.15) is 5.82 Å². The summed E-state index contributed by atoms with van der Waals surface area (Å²) >= 11 is 5.95. The third-order valence-corrected chi connectivity index (χ3v) is 5.09. The van der Waals surface area contributed by atoms with Gasteiger partial charge in [-0.25, -0.2) is 4.39 Å². The van der Waals surface area contributed by atoms with Crippen LogP contribution in [0.25, 0.3) is 0 Å². The molecule has 0 aliphatic carbocycles. The molecule has 1 N–H and O–H groups in total. The van der Waals surface area contributed by atoms with Gasteiger partial charge in [0.15, 0.2) is 0 Å². The Hall–Kier alpha value is -2.40. The van der Waals surface area contributed by atoms with Crippen LogP contribution >= 0.6 is 11.6 Å². The van der Waals surface area contributed by atoms with Crippen molar-refractivity contribution < 1.29 is 14.0 Å². The van der Waals surface area contributed by atoms with Crippen LogP contribution in [-0.4, -0.2) is 36.3 Å². The number of hydrogen-bond acceptors (Lipinski definition) is 2. The lowest BCUT2D eigenvalue weighted by Crippen LogP contribution is -2.43. The molecule has 2 aromatic rings. The first kappa shape index (κ1) is 19.4. The molecular formula is C21H22ClFN2O2. The van der Waals surface area contributed by atoms with Gasteiger partial charge in [-0.2, -0.15) is 0 Å². The van der Waals surface area contributed by atoms with Crippen molar-refractivity contribution in [2.75, 3.05) is 19.6 Å². The van der Waals surface area contributed by atoms with Gasteiger partial charge in [-0.3, -0.25) is 9.59 Å². The lowest BCUT2D eigenvalue weighted by Gasteiger charge is -2.31. The Labute approximate surface area is 163 Å². The maximum Gasteiger partial charge on any atom is 0.253 e. The van der Waals surface area contributed by atoms with Crippen LogP contribution in [0, 0.1) is 11.7 Å². The molecule has 27 heavy (non-hydrogen) atoms. The number of halogens is 2. The molecule has 2 amide bonds. The molecule has 0 radical (unpaired) electrons. The van der Waals surface area contributed by atoms with Crippen molar-refractivity contribution in [2.45, 2.75) is 19.3 Å². The summed E-state index contributed by atoms with van der Waals surface area (Å²) in [5.74, 6) is -0.372. The summed E-state index contributed by atoms with van der Waals surface area (Å²) in [7, 11) is 0. The average Bonchev–Trinajstić information content (AvgIpc) is 2.69. The predicted molar refractivity (Wildman–Crippen MR) is 103 cm³/mol. The number of piperidine rings is 1. The smallest absolute Gasteiger partial charge is 0.253 e. The maximum absolute atomic E-state index is 12.9. The first-order chi connectivity index (χ1) is 13.0. The predicted octanol–water partition coefficient (Wildman–Crippen LogP) is 3.69. The highest BCUT2D eigenvalue weighted by Crippen LogP contribution is 2.20. The average molecular weight is 389 g/mol. The molecule has 0 aromatic heterocycles. The van der Waals surface area contributed by atoms with Crippen molar-refractivity contribution >= 4 is 23.4 Å². The van der Waals surface area contributed by atoms with E-state index in [1.165, 1.54) is 12.1 Å². The zero-order chi connectivity index (χ0) is 19.2. The number of amides is 2. The van der Waals surface area contributed by atoms with Crippen molar-refractivity contribution in [3.63, 3.8) is 0 Å². The monoisotopic (exact) mass is 388 g/mol. The van der Waals surface area contributed by atoms with E-state index in [1.807, 2.05) is 0 Å². The molecule has 1 saturated heterocycles. The van der Waals surface area contributed by atoms with Gasteiger partial charge in [0.05, 0.1) is 0 Å². The number of carbonyl (C=O) groups excluding carboxylic acids is 2. The Morgan fingerprint density at radius 1 is 1.11 bits per heavy atom. The van der Waals surface area contributed by atoms with Crippen LogP contribution in [0.4, 0.5) is 4.39 Å². The number of likely N-dealkylation sites (tertiary alicyclic amines) is 1. The molecule has 2 aromatic carbocycles. The highest BCUT2D eigenvalue weighted by atomic mass is 35.5. The summed E-state index contributed by atoms with van der Waals surface area (Å²) in [5, 5.41) is 3.48. The van der Waals surface area contributed by atoms with E-state index < -0.39 is 0 Å². The lowest BCUT2D eigenvalue weighted by molar-refractivity contribution is -0.126. The van der Waals surface area contributed by atoms with Crippen LogP contribution in [0.1, 0.15) is 28.8 Å². The second kappa shape index (κ2) is 9.00. The van der Waals surface area contributed by atoms with Gasteiger partial charge in [-0.05, 0) is 55.2 Å². The van der Waals surface area contributed by atoms with Crippen molar-refractivity contribution in [1.82, 2.24) is 10.2 Å². The van der Waals surface area contributed by atoms with Gasteiger partial charge in [0.2, 0.25) is 5.91 Å². The zero-order valence-electron chi connectivity index (χ0n) is 15.0. The Morgan fingerprint density at radius 2 is 1.81 bits per heavy atom. The fourth-order valence-electron chi connectivity index (χ4n) is 3.27. The lowest BCUT2D eigenvalue weighted by atomic mass is 9.95. The van der Waals surface area contributed by atoms with E-state index in [0.717, 1.165) is 5.56 Å². The van der Waals surface area contributed by atoms with Gasteiger partial charge in [-0.15, -0.1) is 0 Å². The van der Waals surface area contributed by atoms with Gasteiger partial charge in [0.25, 0.3) is 5.91 Å². The number of rotatable bonds is 5. The molecule has 0 bridgehead atoms. The second-order valence-electron chi connectivity index (χ2n) is 6.74. The van der Waals surface area contributed by atoms with E-state index >= 15 is 0 Å². The molecule has 1 heterocycles. The van der Waals surface area contributed by atoms with Crippen LogP contribution in [0.2, 0.25) is 5.02 Å². The van der Waals surface area contributed by atoms with Crippen molar-refractivity contribution in [3.05, 3.63) is 70.5 Å². The summed E-state index contributed by atoms with van der Waals surface area (Å²) < 4.78 is 12.9. The first-order valence-corrected chi connectivity index (χ1v) is 9.48. The number of nitrogens with zero attached hydrogens (tertiary/aromatic N) is 1. The number of benzene rings is 2. The second-order valence-corrected chi connectivity index (χ2v) is 7.18. The number of nitrogens with one attached hydrogen (secondary N) is 1. The van der Waals surface area contributed by atoms with Gasteiger partial charge < -0.3 is 10.2 Å². The van der Waals surface area contributed by atoms with E-state index in [1.54, 1.807) is 41.3 Å². The molecule has 1 aliphatic heterocycles. The summed E-state index contributed by atoms with van der Waals surface area (Å²) in [6.07, 6.45) is 1.96. The summed E-state index contributed by atoms with van der Waals surface area (Å²) in [5.41, 5.74) is 1.56. The Bertz CT molecular complexity index is 802. The molecule has 3 rings (SSSR count). The Morgan fingerprint density at radius 3 is 2.48 bits per heavy atom. The highest BCUT2D eigenvalue weighted by Gasteiger charge is 2.27. The van der Waals surface area contributed by atoms with E-state index in [2.05, 4.69) is 5.32 Å². The fraction of sp³-hybridized carbons (Fsp3) is 0.333. The summed E-state index contributed by atoms with van der Waals surface area (Å²) in [4.78, 5) is 26.6. The molecule has 1 fully saturated rings. The summed E-state index contributed by atoms with van der Waals surface area (Å²) in [6.45, 7) is 1.63. The van der Waals surface area contributed by atoms with Crippen molar-refractivity contribution in [3.8, 4) is 0 Å². The topological polar surface area (TPSA) is 49.4 Å². The molecule has 0 atom stereocenters. The van der Waals surface area contributed by atoms with Crippen molar-refractivity contribution in [2.24, 2.45) is 5.92 Å². The van der Waals surface area contributed by atoms with Gasteiger partial charge in [-0.1, -0.05) is 29.8 Å². The third kappa shape index (κ3) is 5.30. The normalized spacial score (nSPS) is 14.8. The molecule has 0 unspecified atom stereocenters. The minimum Gasteiger partial charge on any atom is -0.356 e. The first-order valence-electron chi connectivity index (χ1n) is 9.10. The summed E-state index contributed by atoms with van der Waals surface area (Å²) in [6, 6.07) is 13.2. The third-order valence-electron chi connectivity index (χ3n) is 4.85. The fourth-order valence-corrected chi connectivity index (χ4v) is 3.46. The van der Waals surface area contributed by atoms with E-state index in [4.69, 9.17) is 11.6 Å². The minimum absolute atomic E-state index is 0.0203. The maximum atomic E-state index is 12.9. The van der Waals surface area contributed by atoms with Gasteiger partial charge in [0, 0.05) is 36.1 Å². The van der Waals surface area contributed by atoms with Crippen LogP contribution < -0.4 is 5.32 Å². The quantitative estimate of drug-likeness (QED) is 0.849. The van der Waals surface area contributed by atoms with E-state index in [9.17, 15) is 14.0 Å². The molecule has 1 aliphatic rings. The van der Waals surface area contributed by atoms with E-state index in [-0.39, 0.29) is 23.5 Å². The molecule has 6 heteroatoms. The van der Waals surface area contributed by atoms with Crippen LogP contribution in [0.15, 0.2) is 48.5 Å². The van der Waals surface area contributed by atoms with Crippen LogP contribution in [0.5, 0.6) is 0 Å². The molecule has 0 spiro atoms. The molecular weight excluding hydrogens is 367 g/mol. The van der Waals surface area contributed by atoms with E-state index in [0.29, 0.717) is 49.5 Å². The standard InChI is InChI=1S/C21H22ClFN2O2/c22-18-3-1-2-17(14-18)21(27)25-12-9-16(10-13-25)20(26)24-11-8-15-4-6-19(23)7-5-15/h1-7,14,16H,8-13H2,(H,24,26). The minimum atomic E-state index is -0.262.